The molecule has 1 aromatic carbocycles. The van der Waals surface area contributed by atoms with Gasteiger partial charge >= 0.3 is 0 Å². The number of benzene rings is 1. The van der Waals surface area contributed by atoms with E-state index in [1.54, 1.807) is 23.1 Å². The fourth-order valence-corrected chi connectivity index (χ4v) is 4.61. The molecule has 1 aromatic heterocycles. The van der Waals surface area contributed by atoms with E-state index in [2.05, 4.69) is 4.72 Å². The van der Waals surface area contributed by atoms with Crippen LogP contribution >= 0.6 is 11.3 Å². The molecule has 8 heteroatoms. The van der Waals surface area contributed by atoms with Crippen LogP contribution in [0.3, 0.4) is 0 Å². The monoisotopic (exact) mass is 380 g/mol. The smallest absolute Gasteiger partial charge is 0.251 e. The summed E-state index contributed by atoms with van der Waals surface area (Å²) >= 11 is 1.49. The Labute approximate surface area is 151 Å². The third-order valence-electron chi connectivity index (χ3n) is 4.19. The van der Waals surface area contributed by atoms with Gasteiger partial charge in [0.05, 0.1) is 4.90 Å². The number of thiophene rings is 1. The number of hydrogen-bond donors (Lipinski definition) is 2. The molecule has 0 saturated heterocycles. The fourth-order valence-electron chi connectivity index (χ4n) is 2.82. The topological polar surface area (TPSA) is 86.7 Å². The van der Waals surface area contributed by atoms with Crippen molar-refractivity contribution in [1.82, 2.24) is 9.62 Å². The standard InChI is InChI=1S/C17H20N2O4S2/c1-12(20)17(21)19-7-6-13-4-5-16(9-14(13)11-19)25(22,23)18-10-15-3-2-8-24-15/h2-5,8-9,12,18,20H,6-7,10-11H2,1H3/t12-/m0/s1. The number of carbonyl (C=O) groups excluding carboxylic acids is 1. The summed E-state index contributed by atoms with van der Waals surface area (Å²) in [6.07, 6.45) is -0.405. The SMILES string of the molecule is C[C@H](O)C(=O)N1CCc2ccc(S(=O)(=O)NCc3cccs3)cc2C1. The third kappa shape index (κ3) is 4.09. The van der Waals surface area contributed by atoms with Gasteiger partial charge in [-0.1, -0.05) is 12.1 Å². The Bertz CT molecular complexity index is 861. The number of nitrogens with one attached hydrogen (secondary N) is 1. The van der Waals surface area contributed by atoms with Crippen LogP contribution in [-0.2, 0) is 34.3 Å². The maximum atomic E-state index is 12.5. The van der Waals surface area contributed by atoms with E-state index in [1.807, 2.05) is 17.5 Å². The molecule has 1 amide bonds. The van der Waals surface area contributed by atoms with Crippen molar-refractivity contribution in [2.45, 2.75) is 37.4 Å². The molecular formula is C17H20N2O4S2. The summed E-state index contributed by atoms with van der Waals surface area (Å²) in [5.74, 6) is -0.338. The fraction of sp³-hybridized carbons (Fsp3) is 0.353. The Kier molecular flexibility index (Phi) is 5.24. The van der Waals surface area contributed by atoms with E-state index in [0.717, 1.165) is 16.0 Å². The molecule has 25 heavy (non-hydrogen) atoms. The second-order valence-electron chi connectivity index (χ2n) is 6.02. The third-order valence-corrected chi connectivity index (χ3v) is 6.46. The van der Waals surface area contributed by atoms with Crippen LogP contribution < -0.4 is 4.72 Å². The van der Waals surface area contributed by atoms with Gasteiger partial charge in [-0.05, 0) is 48.1 Å². The molecule has 2 N–H and O–H groups in total. The zero-order valence-electron chi connectivity index (χ0n) is 13.8. The van der Waals surface area contributed by atoms with Gasteiger partial charge in [0.1, 0.15) is 6.10 Å². The van der Waals surface area contributed by atoms with E-state index in [4.69, 9.17) is 0 Å². The van der Waals surface area contributed by atoms with Gasteiger partial charge in [0.15, 0.2) is 0 Å². The van der Waals surface area contributed by atoms with Crippen LogP contribution in [0.5, 0.6) is 0 Å². The van der Waals surface area contributed by atoms with Crippen LogP contribution in [0.1, 0.15) is 22.9 Å². The van der Waals surface area contributed by atoms with Crippen molar-refractivity contribution in [3.8, 4) is 0 Å². The quantitative estimate of drug-likeness (QED) is 0.823. The highest BCUT2D eigenvalue weighted by Gasteiger charge is 2.25. The molecule has 2 aromatic rings. The highest BCUT2D eigenvalue weighted by atomic mass is 32.2. The van der Waals surface area contributed by atoms with Crippen molar-refractivity contribution in [2.24, 2.45) is 0 Å². The van der Waals surface area contributed by atoms with E-state index in [1.165, 1.54) is 18.3 Å². The van der Waals surface area contributed by atoms with Crippen molar-refractivity contribution in [3.05, 3.63) is 51.7 Å². The van der Waals surface area contributed by atoms with Crippen LogP contribution in [0.15, 0.2) is 40.6 Å². The molecule has 2 heterocycles. The minimum atomic E-state index is -3.62. The number of nitrogens with zero attached hydrogens (tertiary/aromatic N) is 1. The molecular weight excluding hydrogens is 360 g/mol. The molecule has 6 nitrogen and oxygen atoms in total. The lowest BCUT2D eigenvalue weighted by atomic mass is 9.99. The molecule has 0 bridgehead atoms. The Morgan fingerprint density at radius 1 is 1.36 bits per heavy atom. The van der Waals surface area contributed by atoms with Crippen LogP contribution in [0.2, 0.25) is 0 Å². The molecule has 3 rings (SSSR count). The predicted octanol–water partition coefficient (Wildman–Crippen LogP) is 1.49. The van der Waals surface area contributed by atoms with Crippen molar-refractivity contribution in [1.29, 1.82) is 0 Å². The van der Waals surface area contributed by atoms with Gasteiger partial charge in [0.25, 0.3) is 5.91 Å². The second kappa shape index (κ2) is 7.25. The van der Waals surface area contributed by atoms with Gasteiger partial charge in [0, 0.05) is 24.5 Å². The summed E-state index contributed by atoms with van der Waals surface area (Å²) in [7, 11) is -3.62. The highest BCUT2D eigenvalue weighted by molar-refractivity contribution is 7.89. The Morgan fingerprint density at radius 2 is 2.16 bits per heavy atom. The first-order valence-corrected chi connectivity index (χ1v) is 10.3. The summed E-state index contributed by atoms with van der Waals surface area (Å²) in [6.45, 7) is 2.53. The average molecular weight is 380 g/mol. The van der Waals surface area contributed by atoms with Gasteiger partial charge in [0.2, 0.25) is 10.0 Å². The maximum Gasteiger partial charge on any atom is 0.251 e. The summed E-state index contributed by atoms with van der Waals surface area (Å²) < 4.78 is 27.6. The van der Waals surface area contributed by atoms with Gasteiger partial charge in [-0.15, -0.1) is 11.3 Å². The number of sulfonamides is 1. The molecule has 134 valence electrons. The maximum absolute atomic E-state index is 12.5. The van der Waals surface area contributed by atoms with Gasteiger partial charge < -0.3 is 10.0 Å². The summed E-state index contributed by atoms with van der Waals surface area (Å²) in [4.78, 5) is 14.7. The van der Waals surface area contributed by atoms with Crippen molar-refractivity contribution in [2.75, 3.05) is 6.54 Å². The van der Waals surface area contributed by atoms with E-state index in [0.29, 0.717) is 19.5 Å². The molecule has 0 aliphatic carbocycles. The van der Waals surface area contributed by atoms with E-state index >= 15 is 0 Å². The van der Waals surface area contributed by atoms with Crippen LogP contribution in [0.25, 0.3) is 0 Å². The highest BCUT2D eigenvalue weighted by Crippen LogP contribution is 2.23. The van der Waals surface area contributed by atoms with Crippen molar-refractivity contribution >= 4 is 27.3 Å². The first kappa shape index (κ1) is 18.1. The lowest BCUT2D eigenvalue weighted by molar-refractivity contribution is -0.140. The summed E-state index contributed by atoms with van der Waals surface area (Å²) in [5, 5.41) is 11.4. The minimum Gasteiger partial charge on any atom is -0.384 e. The van der Waals surface area contributed by atoms with E-state index < -0.39 is 16.1 Å². The number of aliphatic hydroxyl groups is 1. The molecule has 0 radical (unpaired) electrons. The van der Waals surface area contributed by atoms with Gasteiger partial charge in [-0.25, -0.2) is 13.1 Å². The Balaban J connectivity index is 1.78. The number of carbonyl (C=O) groups is 1. The molecule has 0 fully saturated rings. The molecule has 0 unspecified atom stereocenters. The lowest BCUT2D eigenvalue weighted by Crippen LogP contribution is -2.41. The first-order chi connectivity index (χ1) is 11.9. The molecule has 0 spiro atoms. The zero-order chi connectivity index (χ0) is 18.0. The predicted molar refractivity (Wildman–Crippen MR) is 95.6 cm³/mol. The van der Waals surface area contributed by atoms with Crippen LogP contribution in [0.4, 0.5) is 0 Å². The normalized spacial score (nSPS) is 15.7. The second-order valence-corrected chi connectivity index (χ2v) is 8.82. The Morgan fingerprint density at radius 3 is 2.84 bits per heavy atom. The summed E-state index contributed by atoms with van der Waals surface area (Å²) in [6, 6.07) is 8.77. The minimum absolute atomic E-state index is 0.189. The zero-order valence-corrected chi connectivity index (χ0v) is 15.4. The number of rotatable bonds is 5. The number of aliphatic hydroxyl groups excluding tert-OH is 1. The van der Waals surface area contributed by atoms with Gasteiger partial charge in [-0.2, -0.15) is 0 Å². The van der Waals surface area contributed by atoms with Crippen LogP contribution in [-0.4, -0.2) is 37.0 Å². The number of fused-ring (bicyclic) bond motifs is 1. The van der Waals surface area contributed by atoms with E-state index in [9.17, 15) is 18.3 Å². The average Bonchev–Trinajstić information content (AvgIpc) is 3.12. The first-order valence-electron chi connectivity index (χ1n) is 7.97. The van der Waals surface area contributed by atoms with Crippen LogP contribution in [0, 0.1) is 0 Å². The van der Waals surface area contributed by atoms with E-state index in [-0.39, 0.29) is 17.3 Å². The Hall–Kier alpha value is -1.74. The van der Waals surface area contributed by atoms with Gasteiger partial charge in [-0.3, -0.25) is 4.79 Å². The lowest BCUT2D eigenvalue weighted by Gasteiger charge is -2.30. The van der Waals surface area contributed by atoms with Crippen molar-refractivity contribution < 1.29 is 18.3 Å². The largest absolute Gasteiger partial charge is 0.384 e. The molecule has 0 saturated carbocycles. The number of hydrogen-bond acceptors (Lipinski definition) is 5. The molecule has 1 atom stereocenters. The number of amides is 1. The summed E-state index contributed by atoms with van der Waals surface area (Å²) in [5.41, 5.74) is 1.84. The molecule has 1 aliphatic rings. The molecule has 1 aliphatic heterocycles. The van der Waals surface area contributed by atoms with Crippen molar-refractivity contribution in [3.63, 3.8) is 0 Å².